The van der Waals surface area contributed by atoms with Gasteiger partial charge in [-0.2, -0.15) is 0 Å². The SMILES string of the molecule is COC=Cc1cc(Cl)c(Cl)cc1[N+](=O)[O-]. The first-order valence-electron chi connectivity index (χ1n) is 3.89. The molecule has 0 aromatic heterocycles. The summed E-state index contributed by atoms with van der Waals surface area (Å²) in [6.45, 7) is 0. The molecule has 0 aliphatic rings. The van der Waals surface area contributed by atoms with Gasteiger partial charge in [-0.25, -0.2) is 0 Å². The van der Waals surface area contributed by atoms with E-state index in [-0.39, 0.29) is 15.7 Å². The third-order valence-corrected chi connectivity index (χ3v) is 2.37. The zero-order valence-electron chi connectivity index (χ0n) is 7.74. The van der Waals surface area contributed by atoms with E-state index in [1.54, 1.807) is 0 Å². The summed E-state index contributed by atoms with van der Waals surface area (Å²) >= 11 is 11.4. The number of nitro benzene ring substituents is 1. The third-order valence-electron chi connectivity index (χ3n) is 1.65. The van der Waals surface area contributed by atoms with Crippen molar-refractivity contribution in [1.82, 2.24) is 0 Å². The topological polar surface area (TPSA) is 52.4 Å². The predicted molar refractivity (Wildman–Crippen MR) is 59.2 cm³/mol. The molecule has 15 heavy (non-hydrogen) atoms. The maximum absolute atomic E-state index is 10.7. The van der Waals surface area contributed by atoms with Gasteiger partial charge >= 0.3 is 0 Å². The third kappa shape index (κ3) is 2.84. The number of halogens is 2. The van der Waals surface area contributed by atoms with Crippen molar-refractivity contribution in [2.24, 2.45) is 0 Å². The van der Waals surface area contributed by atoms with Crippen molar-refractivity contribution in [2.75, 3.05) is 7.11 Å². The summed E-state index contributed by atoms with van der Waals surface area (Å²) < 4.78 is 4.67. The molecule has 0 heterocycles. The molecule has 0 radical (unpaired) electrons. The average Bonchev–Trinajstić information content (AvgIpc) is 2.19. The maximum Gasteiger partial charge on any atom is 0.278 e. The van der Waals surface area contributed by atoms with Crippen molar-refractivity contribution in [2.45, 2.75) is 0 Å². The zero-order chi connectivity index (χ0) is 11.4. The Balaban J connectivity index is 3.28. The quantitative estimate of drug-likeness (QED) is 0.467. The summed E-state index contributed by atoms with van der Waals surface area (Å²) in [4.78, 5) is 10.1. The molecule has 0 saturated carbocycles. The van der Waals surface area contributed by atoms with E-state index in [1.165, 1.54) is 31.6 Å². The van der Waals surface area contributed by atoms with Gasteiger partial charge in [0, 0.05) is 6.07 Å². The summed E-state index contributed by atoms with van der Waals surface area (Å²) in [6.07, 6.45) is 2.77. The first-order chi connectivity index (χ1) is 7.06. The van der Waals surface area contributed by atoms with Crippen molar-refractivity contribution >= 4 is 35.0 Å². The van der Waals surface area contributed by atoms with Crippen LogP contribution in [0.4, 0.5) is 5.69 Å². The van der Waals surface area contributed by atoms with Crippen molar-refractivity contribution in [3.63, 3.8) is 0 Å². The molecular formula is C9H7Cl2NO3. The van der Waals surface area contributed by atoms with Gasteiger partial charge in [-0.1, -0.05) is 23.2 Å². The largest absolute Gasteiger partial charge is 0.504 e. The van der Waals surface area contributed by atoms with Crippen LogP contribution in [0.3, 0.4) is 0 Å². The minimum absolute atomic E-state index is 0.113. The van der Waals surface area contributed by atoms with E-state index < -0.39 is 4.92 Å². The Hall–Kier alpha value is -1.26. The Labute approximate surface area is 96.2 Å². The van der Waals surface area contributed by atoms with Crippen LogP contribution in [0.2, 0.25) is 10.0 Å². The van der Waals surface area contributed by atoms with Crippen LogP contribution >= 0.6 is 23.2 Å². The highest BCUT2D eigenvalue weighted by Gasteiger charge is 2.14. The van der Waals surface area contributed by atoms with Crippen LogP contribution in [-0.2, 0) is 4.74 Å². The van der Waals surface area contributed by atoms with Gasteiger partial charge in [-0.05, 0) is 12.1 Å². The van der Waals surface area contributed by atoms with Crippen molar-refractivity contribution in [3.8, 4) is 0 Å². The van der Waals surface area contributed by atoms with Gasteiger partial charge in [0.2, 0.25) is 0 Å². The Kier molecular flexibility index (Phi) is 3.94. The fourth-order valence-electron chi connectivity index (χ4n) is 0.985. The molecule has 0 aliphatic heterocycles. The van der Waals surface area contributed by atoms with Gasteiger partial charge in [0.15, 0.2) is 0 Å². The van der Waals surface area contributed by atoms with Gasteiger partial charge in [-0.15, -0.1) is 0 Å². The van der Waals surface area contributed by atoms with E-state index in [2.05, 4.69) is 4.74 Å². The summed E-state index contributed by atoms with van der Waals surface area (Å²) in [5.74, 6) is 0. The van der Waals surface area contributed by atoms with Crippen molar-refractivity contribution in [3.05, 3.63) is 44.1 Å². The summed E-state index contributed by atoms with van der Waals surface area (Å²) in [7, 11) is 1.44. The lowest BCUT2D eigenvalue weighted by molar-refractivity contribution is -0.385. The van der Waals surface area contributed by atoms with Crippen LogP contribution in [0.5, 0.6) is 0 Å². The molecule has 0 N–H and O–H groups in total. The molecule has 0 fully saturated rings. The van der Waals surface area contributed by atoms with Gasteiger partial charge in [0.05, 0.1) is 33.9 Å². The molecule has 0 unspecified atom stereocenters. The molecule has 4 nitrogen and oxygen atoms in total. The van der Waals surface area contributed by atoms with Gasteiger partial charge in [0.1, 0.15) is 0 Å². The van der Waals surface area contributed by atoms with E-state index >= 15 is 0 Å². The highest BCUT2D eigenvalue weighted by atomic mass is 35.5. The van der Waals surface area contributed by atoms with Crippen LogP contribution in [-0.4, -0.2) is 12.0 Å². The van der Waals surface area contributed by atoms with E-state index in [1.807, 2.05) is 0 Å². The number of methoxy groups -OCH3 is 1. The Bertz CT molecular complexity index is 418. The van der Waals surface area contributed by atoms with Crippen LogP contribution in [0.25, 0.3) is 6.08 Å². The lowest BCUT2D eigenvalue weighted by Gasteiger charge is -2.00. The standard InChI is InChI=1S/C9H7Cl2NO3/c1-15-3-2-6-4-7(10)8(11)5-9(6)12(13)14/h2-5H,1H3. The van der Waals surface area contributed by atoms with Crippen molar-refractivity contribution < 1.29 is 9.66 Å². The number of rotatable bonds is 3. The highest BCUT2D eigenvalue weighted by molar-refractivity contribution is 6.42. The molecule has 80 valence electrons. The first kappa shape index (κ1) is 11.8. The molecule has 0 aliphatic carbocycles. The van der Waals surface area contributed by atoms with Gasteiger partial charge in [-0.3, -0.25) is 10.1 Å². The summed E-state index contributed by atoms with van der Waals surface area (Å²) in [5.41, 5.74) is 0.231. The van der Waals surface area contributed by atoms with Gasteiger partial charge < -0.3 is 4.74 Å². The molecule has 0 atom stereocenters. The molecule has 0 bridgehead atoms. The van der Waals surface area contributed by atoms with Gasteiger partial charge in [0.25, 0.3) is 5.69 Å². The minimum atomic E-state index is -0.530. The molecule has 6 heteroatoms. The van der Waals surface area contributed by atoms with E-state index in [9.17, 15) is 10.1 Å². The van der Waals surface area contributed by atoms with Crippen LogP contribution in [0, 0.1) is 10.1 Å². The normalized spacial score (nSPS) is 10.6. The summed E-state index contributed by atoms with van der Waals surface area (Å²) in [5, 5.41) is 11.1. The van der Waals surface area contributed by atoms with E-state index in [0.29, 0.717) is 5.56 Å². The average molecular weight is 248 g/mol. The number of nitrogens with zero attached hydrogens (tertiary/aromatic N) is 1. The molecule has 1 rings (SSSR count). The number of hydrogen-bond acceptors (Lipinski definition) is 3. The number of nitro groups is 1. The Morgan fingerprint density at radius 2 is 2.00 bits per heavy atom. The molecular weight excluding hydrogens is 241 g/mol. The smallest absolute Gasteiger partial charge is 0.278 e. The Morgan fingerprint density at radius 1 is 1.40 bits per heavy atom. The second-order valence-corrected chi connectivity index (χ2v) is 3.44. The number of ether oxygens (including phenoxy) is 1. The lowest BCUT2D eigenvalue weighted by atomic mass is 10.2. The fraction of sp³-hybridized carbons (Fsp3) is 0.111. The second-order valence-electron chi connectivity index (χ2n) is 2.62. The maximum atomic E-state index is 10.7. The molecule has 0 amide bonds. The monoisotopic (exact) mass is 247 g/mol. The lowest BCUT2D eigenvalue weighted by Crippen LogP contribution is -1.92. The highest BCUT2D eigenvalue weighted by Crippen LogP contribution is 2.31. The first-order valence-corrected chi connectivity index (χ1v) is 4.64. The molecule has 0 saturated heterocycles. The van der Waals surface area contributed by atoms with E-state index in [0.717, 1.165) is 0 Å². The van der Waals surface area contributed by atoms with E-state index in [4.69, 9.17) is 23.2 Å². The van der Waals surface area contributed by atoms with Crippen LogP contribution in [0.15, 0.2) is 18.4 Å². The van der Waals surface area contributed by atoms with Crippen LogP contribution < -0.4 is 0 Å². The molecule has 0 spiro atoms. The number of hydrogen-bond donors (Lipinski definition) is 0. The summed E-state index contributed by atoms with van der Waals surface area (Å²) in [6, 6.07) is 2.62. The second kappa shape index (κ2) is 5.00. The Morgan fingerprint density at radius 3 is 2.53 bits per heavy atom. The minimum Gasteiger partial charge on any atom is -0.504 e. The predicted octanol–water partition coefficient (Wildman–Crippen LogP) is 3.52. The molecule has 1 aromatic carbocycles. The van der Waals surface area contributed by atoms with Crippen molar-refractivity contribution in [1.29, 1.82) is 0 Å². The fourth-order valence-corrected chi connectivity index (χ4v) is 1.31. The van der Waals surface area contributed by atoms with Crippen LogP contribution in [0.1, 0.15) is 5.56 Å². The zero-order valence-corrected chi connectivity index (χ0v) is 9.25. The molecule has 1 aromatic rings. The number of benzene rings is 1.